The molecule has 0 aliphatic carbocycles. The van der Waals surface area contributed by atoms with Crippen LogP contribution in [-0.4, -0.2) is 9.97 Å². The van der Waals surface area contributed by atoms with Gasteiger partial charge in [0.25, 0.3) is 0 Å². The van der Waals surface area contributed by atoms with Gasteiger partial charge in [0.2, 0.25) is 0 Å². The van der Waals surface area contributed by atoms with E-state index in [0.717, 1.165) is 16.6 Å². The monoisotopic (exact) mass is 219 g/mol. The Labute approximate surface area is 88.6 Å². The maximum Gasteiger partial charge on any atom is 0.0932 e. The summed E-state index contributed by atoms with van der Waals surface area (Å²) in [5.74, 6) is 0. The molecule has 0 saturated carbocycles. The first-order chi connectivity index (χ1) is 5.42. The number of para-hydroxylation sites is 1. The molecule has 0 saturated heterocycles. The summed E-state index contributed by atoms with van der Waals surface area (Å²) < 4.78 is 0. The lowest BCUT2D eigenvalue weighted by Crippen LogP contribution is -1.96. The Kier molecular flexibility index (Phi) is 4.77. The van der Waals surface area contributed by atoms with Gasteiger partial charge in [0.05, 0.1) is 17.4 Å². The van der Waals surface area contributed by atoms with Gasteiger partial charge in [-0.05, 0) is 11.6 Å². The van der Waals surface area contributed by atoms with Crippen LogP contribution >= 0.6 is 24.8 Å². The second kappa shape index (κ2) is 5.07. The molecule has 0 aliphatic rings. The van der Waals surface area contributed by atoms with Crippen molar-refractivity contribution in [1.29, 1.82) is 0 Å². The van der Waals surface area contributed by atoms with E-state index in [1.807, 2.05) is 18.2 Å². The van der Waals surface area contributed by atoms with Crippen molar-refractivity contribution >= 4 is 35.8 Å². The summed E-state index contributed by atoms with van der Waals surface area (Å²) >= 11 is 0. The van der Waals surface area contributed by atoms with E-state index in [1.165, 1.54) is 0 Å². The lowest BCUT2D eigenvalue weighted by Gasteiger charge is -1.95. The molecule has 3 N–H and O–H groups in total. The first kappa shape index (κ1) is 12.2. The number of imidazole rings is 1. The zero-order valence-corrected chi connectivity index (χ0v) is 8.49. The predicted molar refractivity (Wildman–Crippen MR) is 58.5 cm³/mol. The lowest BCUT2D eigenvalue weighted by molar-refractivity contribution is 1.08. The number of nitrogens with one attached hydrogen (secondary N) is 1. The van der Waals surface area contributed by atoms with E-state index in [2.05, 4.69) is 9.97 Å². The Morgan fingerprint density at radius 3 is 2.77 bits per heavy atom. The van der Waals surface area contributed by atoms with Crippen molar-refractivity contribution in [2.75, 3.05) is 0 Å². The van der Waals surface area contributed by atoms with Crippen molar-refractivity contribution in [3.63, 3.8) is 0 Å². The van der Waals surface area contributed by atoms with Gasteiger partial charge in [0.1, 0.15) is 0 Å². The number of aromatic amines is 1. The van der Waals surface area contributed by atoms with Gasteiger partial charge in [0, 0.05) is 6.54 Å². The van der Waals surface area contributed by atoms with Crippen LogP contribution in [0.1, 0.15) is 5.56 Å². The molecule has 0 aliphatic heterocycles. The summed E-state index contributed by atoms with van der Waals surface area (Å²) in [6.45, 7) is 0.544. The van der Waals surface area contributed by atoms with E-state index in [9.17, 15) is 0 Å². The number of rotatable bonds is 1. The SMILES string of the molecule is Cl.Cl.NCc1cccc2[nH]cnc12. The number of hydrogen-bond acceptors (Lipinski definition) is 2. The molecule has 3 nitrogen and oxygen atoms in total. The molecule has 1 heterocycles. The smallest absolute Gasteiger partial charge is 0.0932 e. The molecule has 1 aromatic carbocycles. The van der Waals surface area contributed by atoms with Crippen molar-refractivity contribution in [2.24, 2.45) is 5.73 Å². The van der Waals surface area contributed by atoms with Crippen LogP contribution in [0.15, 0.2) is 24.5 Å². The number of nitrogens with two attached hydrogens (primary N) is 1. The highest BCUT2D eigenvalue weighted by Gasteiger charge is 1.98. The Morgan fingerprint density at radius 2 is 2.08 bits per heavy atom. The Hall–Kier alpha value is -0.770. The van der Waals surface area contributed by atoms with E-state index in [-0.39, 0.29) is 24.8 Å². The second-order valence-electron chi connectivity index (χ2n) is 2.42. The third-order valence-corrected chi connectivity index (χ3v) is 1.75. The minimum atomic E-state index is 0. The van der Waals surface area contributed by atoms with Crippen molar-refractivity contribution < 1.29 is 0 Å². The molecule has 5 heteroatoms. The second-order valence-corrected chi connectivity index (χ2v) is 2.42. The van der Waals surface area contributed by atoms with Crippen molar-refractivity contribution in [3.05, 3.63) is 30.1 Å². The molecule has 0 radical (unpaired) electrons. The number of nitrogens with zero attached hydrogens (tertiary/aromatic N) is 1. The normalized spacial score (nSPS) is 9.00. The number of hydrogen-bond donors (Lipinski definition) is 2. The lowest BCUT2D eigenvalue weighted by atomic mass is 10.2. The van der Waals surface area contributed by atoms with Gasteiger partial charge in [-0.1, -0.05) is 12.1 Å². The molecular formula is C8H11Cl2N3. The van der Waals surface area contributed by atoms with E-state index < -0.39 is 0 Å². The summed E-state index contributed by atoms with van der Waals surface area (Å²) in [7, 11) is 0. The van der Waals surface area contributed by atoms with Crippen LogP contribution in [0, 0.1) is 0 Å². The van der Waals surface area contributed by atoms with E-state index >= 15 is 0 Å². The predicted octanol–water partition coefficient (Wildman–Crippen LogP) is 1.87. The topological polar surface area (TPSA) is 54.7 Å². The average Bonchev–Trinajstić information content (AvgIpc) is 2.50. The maximum absolute atomic E-state index is 5.52. The summed E-state index contributed by atoms with van der Waals surface area (Å²) in [4.78, 5) is 7.18. The highest BCUT2D eigenvalue weighted by Crippen LogP contribution is 2.12. The summed E-state index contributed by atoms with van der Waals surface area (Å²) in [6.07, 6.45) is 1.68. The van der Waals surface area contributed by atoms with Crippen LogP contribution in [0.5, 0.6) is 0 Å². The van der Waals surface area contributed by atoms with Crippen molar-refractivity contribution in [1.82, 2.24) is 9.97 Å². The molecule has 0 unspecified atom stereocenters. The van der Waals surface area contributed by atoms with Gasteiger partial charge in [-0.2, -0.15) is 0 Å². The number of H-pyrrole nitrogens is 1. The van der Waals surface area contributed by atoms with Crippen LogP contribution in [0.2, 0.25) is 0 Å². The molecule has 2 rings (SSSR count). The highest BCUT2D eigenvalue weighted by atomic mass is 35.5. The fourth-order valence-electron chi connectivity index (χ4n) is 1.19. The molecule has 0 atom stereocenters. The summed E-state index contributed by atoms with van der Waals surface area (Å²) in [5, 5.41) is 0. The van der Waals surface area contributed by atoms with Crippen LogP contribution in [0.4, 0.5) is 0 Å². The third kappa shape index (κ3) is 2.12. The van der Waals surface area contributed by atoms with Crippen LogP contribution in [0.25, 0.3) is 11.0 Å². The maximum atomic E-state index is 5.52. The molecule has 0 fully saturated rings. The molecule has 13 heavy (non-hydrogen) atoms. The molecule has 0 bridgehead atoms. The molecular weight excluding hydrogens is 209 g/mol. The first-order valence-corrected chi connectivity index (χ1v) is 3.53. The molecule has 1 aromatic heterocycles. The van der Waals surface area contributed by atoms with Gasteiger partial charge < -0.3 is 10.7 Å². The Balaban J connectivity index is 0.000000720. The number of fused-ring (bicyclic) bond motifs is 1. The summed E-state index contributed by atoms with van der Waals surface area (Å²) in [5.41, 5.74) is 8.64. The van der Waals surface area contributed by atoms with Gasteiger partial charge >= 0.3 is 0 Å². The largest absolute Gasteiger partial charge is 0.345 e. The van der Waals surface area contributed by atoms with Crippen LogP contribution in [-0.2, 0) is 6.54 Å². The minimum absolute atomic E-state index is 0. The summed E-state index contributed by atoms with van der Waals surface area (Å²) in [6, 6.07) is 5.95. The molecule has 2 aromatic rings. The van der Waals surface area contributed by atoms with Crippen molar-refractivity contribution in [3.8, 4) is 0 Å². The molecule has 0 amide bonds. The average molecular weight is 220 g/mol. The number of aromatic nitrogens is 2. The molecule has 0 spiro atoms. The van der Waals surface area contributed by atoms with Gasteiger partial charge in [-0.25, -0.2) is 4.98 Å². The highest BCUT2D eigenvalue weighted by molar-refractivity contribution is 5.85. The standard InChI is InChI=1S/C8H9N3.2ClH/c9-4-6-2-1-3-7-8(6)11-5-10-7;;/h1-3,5H,4,9H2,(H,10,11);2*1H. The van der Waals surface area contributed by atoms with Crippen LogP contribution in [0.3, 0.4) is 0 Å². The fraction of sp³-hybridized carbons (Fsp3) is 0.125. The molecule has 72 valence electrons. The first-order valence-electron chi connectivity index (χ1n) is 3.53. The quantitative estimate of drug-likeness (QED) is 0.770. The Morgan fingerprint density at radius 1 is 1.31 bits per heavy atom. The minimum Gasteiger partial charge on any atom is -0.345 e. The van der Waals surface area contributed by atoms with E-state index in [4.69, 9.17) is 5.73 Å². The zero-order valence-electron chi connectivity index (χ0n) is 6.86. The fourth-order valence-corrected chi connectivity index (χ4v) is 1.19. The van der Waals surface area contributed by atoms with E-state index in [1.54, 1.807) is 6.33 Å². The van der Waals surface area contributed by atoms with E-state index in [0.29, 0.717) is 6.54 Å². The van der Waals surface area contributed by atoms with Crippen LogP contribution < -0.4 is 5.73 Å². The zero-order chi connectivity index (χ0) is 7.68. The third-order valence-electron chi connectivity index (χ3n) is 1.75. The van der Waals surface area contributed by atoms with Gasteiger partial charge in [0.15, 0.2) is 0 Å². The van der Waals surface area contributed by atoms with Crippen molar-refractivity contribution in [2.45, 2.75) is 6.54 Å². The Bertz CT molecular complexity index is 372. The van der Waals surface area contributed by atoms with Gasteiger partial charge in [-0.3, -0.25) is 0 Å². The van der Waals surface area contributed by atoms with Gasteiger partial charge in [-0.15, -0.1) is 24.8 Å². The number of benzene rings is 1. The number of halogens is 2.